The highest BCUT2D eigenvalue weighted by Crippen LogP contribution is 2.37. The molecule has 1 aliphatic heterocycles. The highest BCUT2D eigenvalue weighted by molar-refractivity contribution is 6.07. The van der Waals surface area contributed by atoms with Crippen LogP contribution in [-0.2, 0) is 11.8 Å². The van der Waals surface area contributed by atoms with Crippen LogP contribution in [0.1, 0.15) is 32.2 Å². The van der Waals surface area contributed by atoms with Gasteiger partial charge in [-0.15, -0.1) is 0 Å². The summed E-state index contributed by atoms with van der Waals surface area (Å²) in [5, 5.41) is 5.02. The summed E-state index contributed by atoms with van der Waals surface area (Å²) in [5.41, 5.74) is 3.29. The maximum absolute atomic E-state index is 13.5. The zero-order valence-electron chi connectivity index (χ0n) is 18.3. The van der Waals surface area contributed by atoms with E-state index in [2.05, 4.69) is 27.0 Å². The maximum Gasteiger partial charge on any atom is 0.349 e. The molecule has 2 atom stereocenters. The Hall–Kier alpha value is -3.79. The Bertz CT molecular complexity index is 1510. The predicted octanol–water partition coefficient (Wildman–Crippen LogP) is 3.72. The molecule has 0 spiro atoms. The van der Waals surface area contributed by atoms with Crippen LogP contribution in [0, 0.1) is 0 Å². The van der Waals surface area contributed by atoms with E-state index in [-0.39, 0.29) is 17.8 Å². The number of hydrogen-bond acceptors (Lipinski definition) is 8. The van der Waals surface area contributed by atoms with Crippen LogP contribution in [0.25, 0.3) is 44.8 Å². The summed E-state index contributed by atoms with van der Waals surface area (Å²) in [6.07, 6.45) is 10.6. The van der Waals surface area contributed by atoms with Crippen molar-refractivity contribution >= 4 is 22.1 Å². The van der Waals surface area contributed by atoms with Gasteiger partial charge in [0, 0.05) is 36.8 Å². The summed E-state index contributed by atoms with van der Waals surface area (Å²) in [6.45, 7) is 2.69. The van der Waals surface area contributed by atoms with Gasteiger partial charge in [0.2, 0.25) is 0 Å². The van der Waals surface area contributed by atoms with Crippen LogP contribution in [0.3, 0.4) is 0 Å². The topological polar surface area (TPSA) is 114 Å². The molecular weight excluding hydrogens is 424 g/mol. The van der Waals surface area contributed by atoms with Gasteiger partial charge in [-0.3, -0.25) is 9.25 Å². The van der Waals surface area contributed by atoms with E-state index >= 15 is 0 Å². The number of nitrogens with zero attached hydrogens (tertiary/aromatic N) is 6. The lowest BCUT2D eigenvalue weighted by atomic mass is 10.0. The Morgan fingerprint density at radius 2 is 2.15 bits per heavy atom. The number of ether oxygens (including phenoxy) is 1. The first kappa shape index (κ1) is 19.9. The van der Waals surface area contributed by atoms with Crippen LogP contribution >= 0.6 is 0 Å². The van der Waals surface area contributed by atoms with Crippen LogP contribution in [0.2, 0.25) is 0 Å². The van der Waals surface area contributed by atoms with Gasteiger partial charge >= 0.3 is 5.69 Å². The standard InChI is InChI=1S/C23H22N6O4/c1-3-15-6-14(4-5-31-15)29-21-16-7-17(19-9-24-12-32-19)25-10-18(16)33-22(21)20(27-23(29)30)13-8-26-28(2)11-13/h7-12,14-15H,3-6H2,1-2H3. The fourth-order valence-corrected chi connectivity index (χ4v) is 4.62. The molecule has 1 saturated heterocycles. The highest BCUT2D eigenvalue weighted by atomic mass is 16.5. The zero-order valence-corrected chi connectivity index (χ0v) is 18.3. The van der Waals surface area contributed by atoms with Crippen LogP contribution in [0.15, 0.2) is 50.9 Å². The third-order valence-corrected chi connectivity index (χ3v) is 6.24. The lowest BCUT2D eigenvalue weighted by Gasteiger charge is -2.30. The van der Waals surface area contributed by atoms with Crippen molar-refractivity contribution in [3.8, 4) is 22.7 Å². The third kappa shape index (κ3) is 3.25. The number of aryl methyl sites for hydroxylation is 1. The Balaban J connectivity index is 1.66. The third-order valence-electron chi connectivity index (χ3n) is 6.24. The number of pyridine rings is 1. The van der Waals surface area contributed by atoms with Gasteiger partial charge in [0.15, 0.2) is 23.3 Å². The molecule has 0 N–H and O–H groups in total. The molecule has 10 heteroatoms. The van der Waals surface area contributed by atoms with Gasteiger partial charge < -0.3 is 13.6 Å². The second kappa shape index (κ2) is 7.66. The number of aromatic nitrogens is 6. The molecule has 0 radical (unpaired) electrons. The van der Waals surface area contributed by atoms with E-state index < -0.39 is 0 Å². The average Bonchev–Trinajstić information content (AvgIpc) is 3.58. The fourth-order valence-electron chi connectivity index (χ4n) is 4.62. The van der Waals surface area contributed by atoms with Gasteiger partial charge in [-0.2, -0.15) is 10.1 Å². The van der Waals surface area contributed by atoms with Crippen molar-refractivity contribution in [2.24, 2.45) is 7.05 Å². The van der Waals surface area contributed by atoms with E-state index in [0.717, 1.165) is 24.6 Å². The summed E-state index contributed by atoms with van der Waals surface area (Å²) in [7, 11) is 1.82. The zero-order chi connectivity index (χ0) is 22.5. The van der Waals surface area contributed by atoms with E-state index in [1.165, 1.54) is 6.39 Å². The van der Waals surface area contributed by atoms with Crippen LogP contribution in [0.4, 0.5) is 0 Å². The molecule has 1 aliphatic rings. The first-order valence-corrected chi connectivity index (χ1v) is 11.0. The number of oxazole rings is 1. The van der Waals surface area contributed by atoms with E-state index in [9.17, 15) is 4.79 Å². The molecule has 168 valence electrons. The lowest BCUT2D eigenvalue weighted by molar-refractivity contribution is -0.00709. The van der Waals surface area contributed by atoms with Crippen molar-refractivity contribution < 1.29 is 13.6 Å². The van der Waals surface area contributed by atoms with Gasteiger partial charge in [-0.25, -0.2) is 14.8 Å². The quantitative estimate of drug-likeness (QED) is 0.410. The molecule has 0 amide bonds. The SMILES string of the molecule is CCC1CC(n2c(=O)nc(-c3cnn(C)c3)c3oc4cnc(-c5cnco5)cc4c32)CCO1. The molecule has 5 aromatic rings. The monoisotopic (exact) mass is 446 g/mol. The Labute approximate surface area is 187 Å². The summed E-state index contributed by atoms with van der Waals surface area (Å²) >= 11 is 0. The highest BCUT2D eigenvalue weighted by Gasteiger charge is 2.29. The second-order valence-electron chi connectivity index (χ2n) is 8.31. The van der Waals surface area contributed by atoms with Gasteiger partial charge in [0.1, 0.15) is 16.9 Å². The number of fused-ring (bicyclic) bond motifs is 3. The van der Waals surface area contributed by atoms with Crippen molar-refractivity contribution in [2.45, 2.75) is 38.3 Å². The molecular formula is C23H22N6O4. The largest absolute Gasteiger partial charge is 0.450 e. The Kier molecular flexibility index (Phi) is 4.61. The van der Waals surface area contributed by atoms with E-state index in [1.54, 1.807) is 27.8 Å². The van der Waals surface area contributed by atoms with E-state index in [1.807, 2.05) is 19.3 Å². The maximum atomic E-state index is 13.5. The summed E-state index contributed by atoms with van der Waals surface area (Å²) in [5.74, 6) is 0.541. The minimum atomic E-state index is -0.316. The minimum Gasteiger partial charge on any atom is -0.450 e. The summed E-state index contributed by atoms with van der Waals surface area (Å²) < 4.78 is 21.0. The minimum absolute atomic E-state index is 0.0446. The first-order valence-electron chi connectivity index (χ1n) is 11.0. The molecule has 6 rings (SSSR count). The van der Waals surface area contributed by atoms with Gasteiger partial charge in [0.05, 0.1) is 24.7 Å². The Morgan fingerprint density at radius 1 is 1.24 bits per heavy atom. The van der Waals surface area contributed by atoms with Crippen molar-refractivity contribution in [2.75, 3.05) is 6.61 Å². The summed E-state index contributed by atoms with van der Waals surface area (Å²) in [4.78, 5) is 26.4. The van der Waals surface area contributed by atoms with E-state index in [4.69, 9.17) is 13.6 Å². The normalized spacial score (nSPS) is 19.0. The van der Waals surface area contributed by atoms with Crippen molar-refractivity contribution in [1.82, 2.24) is 29.3 Å². The van der Waals surface area contributed by atoms with Crippen LogP contribution in [-0.4, -0.2) is 42.0 Å². The van der Waals surface area contributed by atoms with Crippen LogP contribution in [0.5, 0.6) is 0 Å². The first-order chi connectivity index (χ1) is 16.1. The molecule has 2 unspecified atom stereocenters. The molecule has 6 heterocycles. The average molecular weight is 446 g/mol. The number of hydrogen-bond donors (Lipinski definition) is 0. The van der Waals surface area contributed by atoms with E-state index in [0.29, 0.717) is 46.0 Å². The lowest BCUT2D eigenvalue weighted by Crippen LogP contribution is -2.34. The fraction of sp³-hybridized carbons (Fsp3) is 0.348. The van der Waals surface area contributed by atoms with Gasteiger partial charge in [0.25, 0.3) is 0 Å². The number of furan rings is 1. The second-order valence-corrected chi connectivity index (χ2v) is 8.31. The van der Waals surface area contributed by atoms with Gasteiger partial charge in [-0.05, 0) is 25.3 Å². The molecule has 33 heavy (non-hydrogen) atoms. The van der Waals surface area contributed by atoms with Crippen molar-refractivity contribution in [1.29, 1.82) is 0 Å². The van der Waals surface area contributed by atoms with Crippen molar-refractivity contribution in [3.63, 3.8) is 0 Å². The Morgan fingerprint density at radius 3 is 2.91 bits per heavy atom. The molecule has 0 saturated carbocycles. The molecule has 1 fully saturated rings. The van der Waals surface area contributed by atoms with Crippen molar-refractivity contribution in [3.05, 3.63) is 47.7 Å². The van der Waals surface area contributed by atoms with Crippen LogP contribution < -0.4 is 5.69 Å². The molecule has 0 aliphatic carbocycles. The predicted molar refractivity (Wildman–Crippen MR) is 120 cm³/mol. The molecule has 0 aromatic carbocycles. The van der Waals surface area contributed by atoms with Gasteiger partial charge in [-0.1, -0.05) is 6.92 Å². The molecule has 0 bridgehead atoms. The smallest absolute Gasteiger partial charge is 0.349 e. The number of rotatable bonds is 4. The molecule has 5 aromatic heterocycles. The molecule has 10 nitrogen and oxygen atoms in total. The summed E-state index contributed by atoms with van der Waals surface area (Å²) in [6, 6.07) is 1.83.